The molecule has 40 heavy (non-hydrogen) atoms. The Morgan fingerprint density at radius 2 is 0.650 bits per heavy atom. The summed E-state index contributed by atoms with van der Waals surface area (Å²) in [5.41, 5.74) is 9.39. The van der Waals surface area contributed by atoms with Crippen molar-refractivity contribution in [1.29, 1.82) is 0 Å². The summed E-state index contributed by atoms with van der Waals surface area (Å²) in [5.74, 6) is 3.20. The maximum atomic E-state index is 5.91. The fourth-order valence-corrected chi connectivity index (χ4v) is 6.55. The number of halogens is 1. The van der Waals surface area contributed by atoms with Crippen LogP contribution in [0.5, 0.6) is 23.0 Å². The molecule has 0 heterocycles. The van der Waals surface area contributed by atoms with Gasteiger partial charge < -0.3 is 18.9 Å². The Hall–Kier alpha value is -3.97. The highest BCUT2D eigenvalue weighted by Crippen LogP contribution is 2.54. The van der Waals surface area contributed by atoms with Crippen LogP contribution in [-0.2, 0) is 0 Å². The third-order valence-corrected chi connectivity index (χ3v) is 8.27. The van der Waals surface area contributed by atoms with E-state index in [9.17, 15) is 0 Å². The second kappa shape index (κ2) is 12.0. The summed E-state index contributed by atoms with van der Waals surface area (Å²) in [7, 11) is 6.86. The van der Waals surface area contributed by atoms with Gasteiger partial charge in [0.05, 0.1) is 28.4 Å². The maximum Gasteiger partial charge on any atom is 0.126 e. The summed E-state index contributed by atoms with van der Waals surface area (Å²) in [4.78, 5) is 0. The first-order chi connectivity index (χ1) is 19.5. The van der Waals surface area contributed by atoms with Gasteiger partial charge in [-0.3, -0.25) is 0 Å². The monoisotopic (exact) mass is 642 g/mol. The van der Waals surface area contributed by atoms with Crippen molar-refractivity contribution in [3.63, 3.8) is 0 Å². The summed E-state index contributed by atoms with van der Waals surface area (Å²) in [6.07, 6.45) is 0. The summed E-state index contributed by atoms with van der Waals surface area (Å²) < 4.78 is 24.7. The molecule has 202 valence electrons. The first-order valence-electron chi connectivity index (χ1n) is 12.9. The fourth-order valence-electron chi connectivity index (χ4n) is 5.43. The molecule has 0 aliphatic heterocycles. The highest BCUT2D eigenvalue weighted by molar-refractivity contribution is 14.1. The highest BCUT2D eigenvalue weighted by Gasteiger charge is 2.29. The van der Waals surface area contributed by atoms with Crippen LogP contribution in [0.4, 0.5) is 0 Å². The summed E-state index contributed by atoms with van der Waals surface area (Å²) in [5, 5.41) is 0. The zero-order valence-electron chi connectivity index (χ0n) is 23.2. The Labute approximate surface area is 249 Å². The van der Waals surface area contributed by atoms with Crippen LogP contribution in [0.1, 0.15) is 5.56 Å². The average Bonchev–Trinajstić information content (AvgIpc) is 3.01. The van der Waals surface area contributed by atoms with Crippen LogP contribution in [0, 0.1) is 10.5 Å². The molecule has 0 atom stereocenters. The molecule has 0 aliphatic rings. The highest BCUT2D eigenvalue weighted by atomic mass is 127. The minimum atomic E-state index is 0.798. The fraction of sp³-hybridized carbons (Fsp3) is 0.143. The molecule has 5 heteroatoms. The number of methoxy groups -OCH3 is 4. The topological polar surface area (TPSA) is 36.9 Å². The third-order valence-electron chi connectivity index (χ3n) is 7.19. The molecule has 0 radical (unpaired) electrons. The van der Waals surface area contributed by atoms with Crippen molar-refractivity contribution in [2.45, 2.75) is 6.92 Å². The van der Waals surface area contributed by atoms with Crippen molar-refractivity contribution < 1.29 is 18.9 Å². The van der Waals surface area contributed by atoms with Gasteiger partial charge in [-0.15, -0.1) is 0 Å². The van der Waals surface area contributed by atoms with Crippen LogP contribution in [0.25, 0.3) is 44.5 Å². The molecular weight excluding hydrogens is 611 g/mol. The average molecular weight is 643 g/mol. The summed E-state index contributed by atoms with van der Waals surface area (Å²) in [6, 6.07) is 32.7. The van der Waals surface area contributed by atoms with Gasteiger partial charge in [0.2, 0.25) is 0 Å². The quantitative estimate of drug-likeness (QED) is 0.158. The number of ether oxygens (including phenoxy) is 4. The van der Waals surface area contributed by atoms with E-state index in [-0.39, 0.29) is 0 Å². The standard InChI is InChI=1S/C35H31IO4/c1-22-31(23-14-6-10-18-27(23)37-2)33(25-16-8-12-20-29(25)39-4)35(36)34(26-17-9-13-21-30(26)40-5)32(22)24-15-7-11-19-28(24)38-3/h6-21H,1-5H3. The number of benzene rings is 5. The van der Waals surface area contributed by atoms with E-state index in [0.29, 0.717) is 0 Å². The van der Waals surface area contributed by atoms with Crippen LogP contribution in [0.15, 0.2) is 97.1 Å². The van der Waals surface area contributed by atoms with E-state index < -0.39 is 0 Å². The van der Waals surface area contributed by atoms with Crippen molar-refractivity contribution in [3.05, 3.63) is 106 Å². The Kier molecular flexibility index (Phi) is 8.31. The first kappa shape index (κ1) is 27.6. The van der Waals surface area contributed by atoms with Gasteiger partial charge in [-0.05, 0) is 70.5 Å². The predicted octanol–water partition coefficient (Wildman–Crippen LogP) is 9.30. The molecule has 0 aromatic heterocycles. The van der Waals surface area contributed by atoms with Crippen LogP contribution in [-0.4, -0.2) is 28.4 Å². The molecule has 0 amide bonds. The molecule has 0 aliphatic carbocycles. The largest absolute Gasteiger partial charge is 0.496 e. The normalized spacial score (nSPS) is 10.8. The van der Waals surface area contributed by atoms with E-state index in [1.807, 2.05) is 72.8 Å². The van der Waals surface area contributed by atoms with Crippen LogP contribution in [0.2, 0.25) is 0 Å². The molecule has 0 N–H and O–H groups in total. The van der Waals surface area contributed by atoms with E-state index in [0.717, 1.165) is 76.6 Å². The Bertz CT molecular complexity index is 1430. The molecule has 0 fully saturated rings. The van der Waals surface area contributed by atoms with E-state index >= 15 is 0 Å². The van der Waals surface area contributed by atoms with Crippen LogP contribution >= 0.6 is 22.6 Å². The smallest absolute Gasteiger partial charge is 0.126 e. The SMILES string of the molecule is COc1ccccc1-c1c(C)c(-c2ccccc2OC)c(-c2ccccc2OC)c(I)c1-c1ccccc1OC. The minimum absolute atomic E-state index is 0.798. The van der Waals surface area contributed by atoms with Gasteiger partial charge in [0.15, 0.2) is 0 Å². The summed E-state index contributed by atoms with van der Waals surface area (Å²) in [6.45, 7) is 2.18. The first-order valence-corrected chi connectivity index (χ1v) is 14.0. The lowest BCUT2D eigenvalue weighted by Crippen LogP contribution is -2.04. The zero-order valence-corrected chi connectivity index (χ0v) is 25.4. The predicted molar refractivity (Wildman–Crippen MR) is 172 cm³/mol. The molecule has 5 aromatic rings. The second-order valence-corrected chi connectivity index (χ2v) is 10.3. The van der Waals surface area contributed by atoms with Crippen LogP contribution in [0.3, 0.4) is 0 Å². The molecular formula is C35H31IO4. The van der Waals surface area contributed by atoms with E-state index in [2.05, 4.69) is 53.8 Å². The molecule has 0 bridgehead atoms. The minimum Gasteiger partial charge on any atom is -0.496 e. The van der Waals surface area contributed by atoms with Gasteiger partial charge in [0, 0.05) is 37.0 Å². The third kappa shape index (κ3) is 4.79. The lowest BCUT2D eigenvalue weighted by molar-refractivity contribution is 0.415. The van der Waals surface area contributed by atoms with Crippen LogP contribution < -0.4 is 18.9 Å². The van der Waals surface area contributed by atoms with Gasteiger partial charge in [-0.1, -0.05) is 72.8 Å². The van der Waals surface area contributed by atoms with Gasteiger partial charge in [0.25, 0.3) is 0 Å². The van der Waals surface area contributed by atoms with Gasteiger partial charge in [-0.2, -0.15) is 0 Å². The molecule has 0 saturated carbocycles. The zero-order chi connectivity index (χ0) is 28.2. The Balaban J connectivity index is 2.06. The van der Waals surface area contributed by atoms with Crippen molar-refractivity contribution in [1.82, 2.24) is 0 Å². The number of hydrogen-bond donors (Lipinski definition) is 0. The number of para-hydroxylation sites is 4. The Morgan fingerprint density at radius 1 is 0.400 bits per heavy atom. The van der Waals surface area contributed by atoms with Crippen molar-refractivity contribution in [2.75, 3.05) is 28.4 Å². The van der Waals surface area contributed by atoms with Crippen molar-refractivity contribution >= 4 is 22.6 Å². The van der Waals surface area contributed by atoms with E-state index in [1.165, 1.54) is 0 Å². The van der Waals surface area contributed by atoms with Crippen molar-refractivity contribution in [2.24, 2.45) is 0 Å². The van der Waals surface area contributed by atoms with Gasteiger partial charge >= 0.3 is 0 Å². The molecule has 5 rings (SSSR count). The van der Waals surface area contributed by atoms with E-state index in [1.54, 1.807) is 28.4 Å². The molecule has 4 nitrogen and oxygen atoms in total. The molecule has 5 aromatic carbocycles. The van der Waals surface area contributed by atoms with E-state index in [4.69, 9.17) is 18.9 Å². The Morgan fingerprint density at radius 3 is 0.925 bits per heavy atom. The van der Waals surface area contributed by atoms with Crippen molar-refractivity contribution in [3.8, 4) is 67.5 Å². The lowest BCUT2D eigenvalue weighted by Gasteiger charge is -2.27. The van der Waals surface area contributed by atoms with Gasteiger partial charge in [0.1, 0.15) is 23.0 Å². The summed E-state index contributed by atoms with van der Waals surface area (Å²) >= 11 is 2.49. The molecule has 0 unspecified atom stereocenters. The van der Waals surface area contributed by atoms with Gasteiger partial charge in [-0.25, -0.2) is 0 Å². The molecule has 0 spiro atoms. The lowest BCUT2D eigenvalue weighted by atomic mass is 9.81. The molecule has 0 saturated heterocycles. The maximum absolute atomic E-state index is 5.91. The number of rotatable bonds is 8. The second-order valence-electron chi connectivity index (χ2n) is 9.24. The number of hydrogen-bond acceptors (Lipinski definition) is 4.